The maximum Gasteiger partial charge on any atom is 0.280 e. The first kappa shape index (κ1) is 18.6. The Labute approximate surface area is 179 Å². The number of carbonyl (C=O) groups is 1. The summed E-state index contributed by atoms with van der Waals surface area (Å²) in [7, 11) is 0. The zero-order valence-electron chi connectivity index (χ0n) is 16.3. The van der Waals surface area contributed by atoms with E-state index in [1.807, 2.05) is 54.6 Å². The standard InChI is InChI=1S/C23H21N5OS/c24-14-28-13-15-10-19(20(28)11-15)27-22(29)23-25-12-21(30-23)17-8-4-5-9-18(17)26-16-6-2-1-3-7-16/h1-9,12,15,19-20,26H,10-11,13H2,(H,27,29). The average molecular weight is 416 g/mol. The molecule has 5 rings (SSSR count). The highest BCUT2D eigenvalue weighted by atomic mass is 32.1. The van der Waals surface area contributed by atoms with Crippen LogP contribution in [0.5, 0.6) is 0 Å². The average Bonchev–Trinajstić information content (AvgIpc) is 3.50. The smallest absolute Gasteiger partial charge is 0.280 e. The lowest BCUT2D eigenvalue weighted by molar-refractivity contribution is 0.0912. The molecule has 2 N–H and O–H groups in total. The van der Waals surface area contributed by atoms with Crippen LogP contribution in [0.3, 0.4) is 0 Å². The maximum absolute atomic E-state index is 12.8. The largest absolute Gasteiger partial charge is 0.355 e. The van der Waals surface area contributed by atoms with E-state index < -0.39 is 0 Å². The number of nitrogens with one attached hydrogen (secondary N) is 2. The predicted molar refractivity (Wildman–Crippen MR) is 117 cm³/mol. The lowest BCUT2D eigenvalue weighted by atomic mass is 10.1. The molecule has 1 saturated heterocycles. The number of para-hydroxylation sites is 2. The number of benzene rings is 2. The first-order valence-corrected chi connectivity index (χ1v) is 10.9. The minimum atomic E-state index is -0.157. The van der Waals surface area contributed by atoms with Crippen LogP contribution in [-0.4, -0.2) is 34.4 Å². The summed E-state index contributed by atoms with van der Waals surface area (Å²) in [6.45, 7) is 0.820. The summed E-state index contributed by atoms with van der Waals surface area (Å²) in [5, 5.41) is 16.3. The minimum Gasteiger partial charge on any atom is -0.355 e. The van der Waals surface area contributed by atoms with Gasteiger partial charge in [0.1, 0.15) is 0 Å². The topological polar surface area (TPSA) is 81.1 Å². The molecule has 150 valence electrons. The van der Waals surface area contributed by atoms with Gasteiger partial charge in [-0.15, -0.1) is 11.3 Å². The molecule has 1 saturated carbocycles. The van der Waals surface area contributed by atoms with E-state index in [1.165, 1.54) is 11.3 Å². The molecule has 2 fully saturated rings. The van der Waals surface area contributed by atoms with Gasteiger partial charge in [0.2, 0.25) is 0 Å². The highest BCUT2D eigenvalue weighted by molar-refractivity contribution is 7.17. The van der Waals surface area contributed by atoms with Crippen LogP contribution >= 0.6 is 11.3 Å². The molecule has 1 aliphatic heterocycles. The molecule has 0 radical (unpaired) electrons. The van der Waals surface area contributed by atoms with Crippen LogP contribution in [0.25, 0.3) is 10.4 Å². The van der Waals surface area contributed by atoms with Crippen LogP contribution in [0.1, 0.15) is 22.6 Å². The van der Waals surface area contributed by atoms with Crippen LogP contribution in [0, 0.1) is 17.4 Å². The van der Waals surface area contributed by atoms with Crippen molar-refractivity contribution in [3.05, 3.63) is 65.8 Å². The van der Waals surface area contributed by atoms with Gasteiger partial charge in [-0.2, -0.15) is 5.26 Å². The van der Waals surface area contributed by atoms with Gasteiger partial charge in [-0.1, -0.05) is 36.4 Å². The van der Waals surface area contributed by atoms with Gasteiger partial charge < -0.3 is 15.5 Å². The number of fused-ring (bicyclic) bond motifs is 2. The second kappa shape index (κ2) is 7.81. The number of nitrogens with zero attached hydrogens (tertiary/aromatic N) is 3. The molecular weight excluding hydrogens is 394 g/mol. The number of amides is 1. The summed E-state index contributed by atoms with van der Waals surface area (Å²) >= 11 is 1.39. The van der Waals surface area contributed by atoms with Crippen molar-refractivity contribution in [3.63, 3.8) is 0 Å². The number of nitriles is 1. The molecule has 3 atom stereocenters. The third kappa shape index (κ3) is 3.51. The van der Waals surface area contributed by atoms with Crippen molar-refractivity contribution >= 4 is 28.6 Å². The van der Waals surface area contributed by atoms with Crippen molar-refractivity contribution in [1.82, 2.24) is 15.2 Å². The van der Waals surface area contributed by atoms with E-state index in [9.17, 15) is 10.1 Å². The molecule has 2 bridgehead atoms. The SMILES string of the molecule is N#CN1CC2CC(NC(=O)c3ncc(-c4ccccc4Nc4ccccc4)s3)C1C2. The summed E-state index contributed by atoms with van der Waals surface area (Å²) in [6, 6.07) is 18.2. The Bertz CT molecular complexity index is 1110. The fourth-order valence-electron chi connectivity index (χ4n) is 4.51. The predicted octanol–water partition coefficient (Wildman–Crippen LogP) is 4.23. The first-order valence-electron chi connectivity index (χ1n) is 10.1. The number of thiazole rings is 1. The Morgan fingerprint density at radius 3 is 2.73 bits per heavy atom. The second-order valence-electron chi connectivity index (χ2n) is 7.80. The summed E-state index contributed by atoms with van der Waals surface area (Å²) in [5.74, 6) is 0.345. The number of anilines is 2. The van der Waals surface area contributed by atoms with E-state index in [0.717, 1.165) is 41.2 Å². The quantitative estimate of drug-likeness (QED) is 0.610. The molecule has 0 spiro atoms. The molecule has 1 aliphatic carbocycles. The monoisotopic (exact) mass is 415 g/mol. The Balaban J connectivity index is 1.33. The molecule has 6 nitrogen and oxygen atoms in total. The number of aromatic nitrogens is 1. The van der Waals surface area contributed by atoms with E-state index in [2.05, 4.69) is 21.8 Å². The van der Waals surface area contributed by atoms with E-state index in [4.69, 9.17) is 0 Å². The van der Waals surface area contributed by atoms with Crippen LogP contribution in [0.2, 0.25) is 0 Å². The molecule has 2 aromatic carbocycles. The molecule has 3 unspecified atom stereocenters. The molecular formula is C23H21N5OS. The minimum absolute atomic E-state index is 0.0234. The number of likely N-dealkylation sites (tertiary alicyclic amines) is 1. The van der Waals surface area contributed by atoms with Crippen molar-refractivity contribution in [1.29, 1.82) is 5.26 Å². The molecule has 7 heteroatoms. The normalized spacial score (nSPS) is 22.0. The van der Waals surface area contributed by atoms with Gasteiger partial charge in [-0.25, -0.2) is 4.98 Å². The third-order valence-corrected chi connectivity index (χ3v) is 6.90. The molecule has 3 aromatic rings. The summed E-state index contributed by atoms with van der Waals surface area (Å²) in [4.78, 5) is 19.9. The van der Waals surface area contributed by atoms with Gasteiger partial charge in [0.25, 0.3) is 5.91 Å². The Morgan fingerprint density at radius 1 is 1.13 bits per heavy atom. The summed E-state index contributed by atoms with van der Waals surface area (Å²) < 4.78 is 0. The highest BCUT2D eigenvalue weighted by Gasteiger charge is 2.45. The maximum atomic E-state index is 12.8. The van der Waals surface area contributed by atoms with Crippen molar-refractivity contribution in [3.8, 4) is 16.6 Å². The van der Waals surface area contributed by atoms with Gasteiger partial charge in [-0.3, -0.25) is 4.79 Å². The van der Waals surface area contributed by atoms with Gasteiger partial charge >= 0.3 is 0 Å². The molecule has 2 aliphatic rings. The van der Waals surface area contributed by atoms with E-state index in [-0.39, 0.29) is 18.0 Å². The number of piperidine rings is 1. The summed E-state index contributed by atoms with van der Waals surface area (Å²) in [6.07, 6.45) is 5.94. The van der Waals surface area contributed by atoms with E-state index >= 15 is 0 Å². The van der Waals surface area contributed by atoms with Crippen molar-refractivity contribution in [2.75, 3.05) is 11.9 Å². The van der Waals surface area contributed by atoms with Gasteiger partial charge in [0, 0.05) is 29.7 Å². The fourth-order valence-corrected chi connectivity index (χ4v) is 5.37. The number of hydrogen-bond acceptors (Lipinski definition) is 6. The third-order valence-electron chi connectivity index (χ3n) is 5.87. The molecule has 30 heavy (non-hydrogen) atoms. The Kier molecular flexibility index (Phi) is 4.85. The van der Waals surface area contributed by atoms with Gasteiger partial charge in [0.05, 0.1) is 17.0 Å². The van der Waals surface area contributed by atoms with Crippen LogP contribution < -0.4 is 10.6 Å². The van der Waals surface area contributed by atoms with Crippen molar-refractivity contribution < 1.29 is 4.79 Å². The number of carbonyl (C=O) groups excluding carboxylic acids is 1. The van der Waals surface area contributed by atoms with Crippen LogP contribution in [0.4, 0.5) is 11.4 Å². The Morgan fingerprint density at radius 2 is 1.93 bits per heavy atom. The zero-order chi connectivity index (χ0) is 20.5. The van der Waals surface area contributed by atoms with Gasteiger partial charge in [0.15, 0.2) is 11.2 Å². The molecule has 1 aromatic heterocycles. The lowest BCUT2D eigenvalue weighted by Gasteiger charge is -2.29. The van der Waals surface area contributed by atoms with Crippen molar-refractivity contribution in [2.45, 2.75) is 24.9 Å². The molecule has 1 amide bonds. The number of rotatable bonds is 5. The second-order valence-corrected chi connectivity index (χ2v) is 8.83. The highest BCUT2D eigenvalue weighted by Crippen LogP contribution is 2.38. The van der Waals surface area contributed by atoms with E-state index in [0.29, 0.717) is 10.9 Å². The molecule has 2 heterocycles. The summed E-state index contributed by atoms with van der Waals surface area (Å²) in [5.41, 5.74) is 2.98. The number of hydrogen-bond donors (Lipinski definition) is 2. The fraction of sp³-hybridized carbons (Fsp3) is 0.261. The van der Waals surface area contributed by atoms with Crippen molar-refractivity contribution in [2.24, 2.45) is 5.92 Å². The first-order chi connectivity index (χ1) is 14.7. The van der Waals surface area contributed by atoms with E-state index in [1.54, 1.807) is 11.1 Å². The van der Waals surface area contributed by atoms with Crippen LogP contribution in [-0.2, 0) is 0 Å². The van der Waals surface area contributed by atoms with Gasteiger partial charge in [-0.05, 0) is 37.0 Å². The van der Waals surface area contributed by atoms with Crippen LogP contribution in [0.15, 0.2) is 60.8 Å². The Hall–Kier alpha value is -3.37. The lowest BCUT2D eigenvalue weighted by Crippen LogP contribution is -2.48. The zero-order valence-corrected chi connectivity index (χ0v) is 17.1.